The number of thiocarbonyl (C=S) groups is 1. The van der Waals surface area contributed by atoms with Crippen LogP contribution in [0.3, 0.4) is 0 Å². The average Bonchev–Trinajstić information content (AvgIpc) is 1.83. The summed E-state index contributed by atoms with van der Waals surface area (Å²) in [6, 6.07) is 0. The van der Waals surface area contributed by atoms with Gasteiger partial charge in [-0.1, -0.05) is 19.6 Å². The van der Waals surface area contributed by atoms with Crippen LogP contribution in [0.1, 0.15) is 13.3 Å². The topological polar surface area (TPSA) is 9.23 Å². The van der Waals surface area contributed by atoms with Gasteiger partial charge in [0.1, 0.15) is 6.61 Å². The largest absolute Gasteiger partial charge is 0.483 e. The highest BCUT2D eigenvalue weighted by Gasteiger charge is 1.86. The molecule has 0 aliphatic rings. The van der Waals surface area contributed by atoms with E-state index in [0.29, 0.717) is 11.7 Å². The molecule has 0 unspecified atom stereocenters. The van der Waals surface area contributed by atoms with Crippen LogP contribution in [-0.2, 0) is 4.74 Å². The molecule has 0 N–H and O–H groups in total. The minimum Gasteiger partial charge on any atom is -0.483 e. The Balaban J connectivity index is 3.11. The predicted molar refractivity (Wildman–Crippen MR) is 39.0 cm³/mol. The van der Waals surface area contributed by atoms with Crippen molar-refractivity contribution in [1.82, 2.24) is 0 Å². The first kappa shape index (κ1) is 7.63. The molecule has 0 rings (SSSR count). The van der Waals surface area contributed by atoms with Gasteiger partial charge in [-0.05, 0) is 12.2 Å². The standard InChI is InChI=1S/C6H10OS/c1-3-5-7-6(8)4-2/h3H,1,4-5H2,2H3. The monoisotopic (exact) mass is 130 g/mol. The van der Waals surface area contributed by atoms with Crippen molar-refractivity contribution in [3.05, 3.63) is 12.7 Å². The Hall–Kier alpha value is -0.370. The molecule has 0 aromatic carbocycles. The molecular formula is C6H10OS. The van der Waals surface area contributed by atoms with Gasteiger partial charge in [0.2, 0.25) is 0 Å². The molecule has 46 valence electrons. The van der Waals surface area contributed by atoms with Crippen molar-refractivity contribution >= 4 is 17.3 Å². The number of rotatable bonds is 3. The molecule has 0 aliphatic heterocycles. The van der Waals surface area contributed by atoms with Gasteiger partial charge in [0.25, 0.3) is 0 Å². The average molecular weight is 130 g/mol. The van der Waals surface area contributed by atoms with E-state index in [1.54, 1.807) is 6.08 Å². The maximum absolute atomic E-state index is 4.95. The van der Waals surface area contributed by atoms with E-state index < -0.39 is 0 Å². The summed E-state index contributed by atoms with van der Waals surface area (Å²) in [6.45, 7) is 5.98. The highest BCUT2D eigenvalue weighted by Crippen LogP contribution is 1.86. The Labute approximate surface area is 55.3 Å². The molecule has 1 nitrogen and oxygen atoms in total. The van der Waals surface area contributed by atoms with E-state index in [2.05, 4.69) is 6.58 Å². The SMILES string of the molecule is C=CCOC(=S)CC. The lowest BCUT2D eigenvalue weighted by Gasteiger charge is -1.98. The third-order valence-electron chi connectivity index (χ3n) is 0.651. The van der Waals surface area contributed by atoms with Crippen LogP contribution in [0.2, 0.25) is 0 Å². The summed E-state index contributed by atoms with van der Waals surface area (Å²) in [5, 5.41) is 0.657. The second kappa shape index (κ2) is 4.78. The van der Waals surface area contributed by atoms with Crippen LogP contribution in [0, 0.1) is 0 Å². The quantitative estimate of drug-likeness (QED) is 0.426. The highest BCUT2D eigenvalue weighted by atomic mass is 32.1. The molecule has 0 aromatic heterocycles. The van der Waals surface area contributed by atoms with Gasteiger partial charge < -0.3 is 4.74 Å². The van der Waals surface area contributed by atoms with Gasteiger partial charge in [0.15, 0.2) is 5.05 Å². The lowest BCUT2D eigenvalue weighted by molar-refractivity contribution is 0.352. The van der Waals surface area contributed by atoms with Crippen LogP contribution < -0.4 is 0 Å². The highest BCUT2D eigenvalue weighted by molar-refractivity contribution is 7.80. The zero-order chi connectivity index (χ0) is 6.41. The minimum absolute atomic E-state index is 0.534. The maximum Gasteiger partial charge on any atom is 0.159 e. The molecule has 0 radical (unpaired) electrons. The van der Waals surface area contributed by atoms with E-state index in [1.165, 1.54) is 0 Å². The van der Waals surface area contributed by atoms with Crippen LogP contribution in [0.15, 0.2) is 12.7 Å². The summed E-state index contributed by atoms with van der Waals surface area (Å²) in [5.74, 6) is 0. The van der Waals surface area contributed by atoms with Gasteiger partial charge in [0.05, 0.1) is 0 Å². The van der Waals surface area contributed by atoms with Crippen LogP contribution in [0.4, 0.5) is 0 Å². The van der Waals surface area contributed by atoms with E-state index in [9.17, 15) is 0 Å². The van der Waals surface area contributed by atoms with Gasteiger partial charge >= 0.3 is 0 Å². The Morgan fingerprint density at radius 3 is 2.88 bits per heavy atom. The molecule has 0 aromatic rings. The van der Waals surface area contributed by atoms with E-state index >= 15 is 0 Å². The fraction of sp³-hybridized carbons (Fsp3) is 0.500. The Kier molecular flexibility index (Phi) is 4.56. The van der Waals surface area contributed by atoms with Crippen LogP contribution >= 0.6 is 12.2 Å². The number of hydrogen-bond acceptors (Lipinski definition) is 2. The molecule has 0 spiro atoms. The minimum atomic E-state index is 0.534. The summed E-state index contributed by atoms with van der Waals surface area (Å²) >= 11 is 4.75. The molecule has 0 bridgehead atoms. The first-order valence-corrected chi connectivity index (χ1v) is 2.98. The predicted octanol–water partition coefficient (Wildman–Crippen LogP) is 1.93. The third kappa shape index (κ3) is 3.81. The molecule has 0 saturated carbocycles. The van der Waals surface area contributed by atoms with Crippen molar-refractivity contribution in [2.24, 2.45) is 0 Å². The van der Waals surface area contributed by atoms with E-state index in [4.69, 9.17) is 17.0 Å². The molecule has 0 heterocycles. The zero-order valence-electron chi connectivity index (χ0n) is 5.02. The second-order valence-corrected chi connectivity index (χ2v) is 1.78. The maximum atomic E-state index is 4.95. The van der Waals surface area contributed by atoms with Gasteiger partial charge in [0, 0.05) is 6.42 Å². The first-order valence-electron chi connectivity index (χ1n) is 2.57. The molecule has 0 fully saturated rings. The summed E-state index contributed by atoms with van der Waals surface area (Å²) in [6.07, 6.45) is 2.49. The summed E-state index contributed by atoms with van der Waals surface area (Å²) < 4.78 is 4.95. The summed E-state index contributed by atoms with van der Waals surface area (Å²) in [4.78, 5) is 0. The molecule has 8 heavy (non-hydrogen) atoms. The fourth-order valence-electron chi connectivity index (χ4n) is 0.254. The van der Waals surface area contributed by atoms with Gasteiger partial charge in [-0.2, -0.15) is 0 Å². The molecule has 0 saturated heterocycles. The van der Waals surface area contributed by atoms with Crippen molar-refractivity contribution in [3.63, 3.8) is 0 Å². The van der Waals surface area contributed by atoms with Crippen molar-refractivity contribution in [3.8, 4) is 0 Å². The number of hydrogen-bond donors (Lipinski definition) is 0. The molecule has 0 amide bonds. The fourth-order valence-corrected chi connectivity index (χ4v) is 0.322. The molecule has 0 aliphatic carbocycles. The van der Waals surface area contributed by atoms with Crippen LogP contribution in [0.25, 0.3) is 0 Å². The smallest absolute Gasteiger partial charge is 0.159 e. The van der Waals surface area contributed by atoms with Gasteiger partial charge in [-0.15, -0.1) is 0 Å². The van der Waals surface area contributed by atoms with Crippen molar-refractivity contribution < 1.29 is 4.74 Å². The van der Waals surface area contributed by atoms with E-state index in [0.717, 1.165) is 6.42 Å². The lowest BCUT2D eigenvalue weighted by Crippen LogP contribution is -1.98. The summed E-state index contributed by atoms with van der Waals surface area (Å²) in [5.41, 5.74) is 0. The summed E-state index contributed by atoms with van der Waals surface area (Å²) in [7, 11) is 0. The Morgan fingerprint density at radius 2 is 2.50 bits per heavy atom. The van der Waals surface area contributed by atoms with Gasteiger partial charge in [-0.3, -0.25) is 0 Å². The van der Waals surface area contributed by atoms with Crippen LogP contribution in [-0.4, -0.2) is 11.7 Å². The zero-order valence-corrected chi connectivity index (χ0v) is 5.83. The lowest BCUT2D eigenvalue weighted by atomic mass is 10.5. The molecule has 0 atom stereocenters. The van der Waals surface area contributed by atoms with Gasteiger partial charge in [-0.25, -0.2) is 0 Å². The van der Waals surface area contributed by atoms with Crippen molar-refractivity contribution in [2.75, 3.05) is 6.61 Å². The molecule has 2 heteroatoms. The Bertz CT molecular complexity index is 88.5. The Morgan fingerprint density at radius 1 is 1.88 bits per heavy atom. The third-order valence-corrected chi connectivity index (χ3v) is 1.06. The van der Waals surface area contributed by atoms with Crippen molar-refractivity contribution in [2.45, 2.75) is 13.3 Å². The van der Waals surface area contributed by atoms with E-state index in [-0.39, 0.29) is 0 Å². The first-order chi connectivity index (χ1) is 3.81. The second-order valence-electron chi connectivity index (χ2n) is 1.33. The van der Waals surface area contributed by atoms with E-state index in [1.807, 2.05) is 6.92 Å². The van der Waals surface area contributed by atoms with Crippen LogP contribution in [0.5, 0.6) is 0 Å². The normalized spacial score (nSPS) is 8.12. The van der Waals surface area contributed by atoms with Crippen molar-refractivity contribution in [1.29, 1.82) is 0 Å². The number of ether oxygens (including phenoxy) is 1. The molecular weight excluding hydrogens is 120 g/mol.